The Hall–Kier alpha value is -2.80. The number of ether oxygens (including phenoxy) is 7. The fourth-order valence-corrected chi connectivity index (χ4v) is 7.06. The van der Waals surface area contributed by atoms with Gasteiger partial charge in [0.05, 0.1) is 26.4 Å². The van der Waals surface area contributed by atoms with Gasteiger partial charge in [-0.05, 0) is 0 Å². The molecule has 0 radical (unpaired) electrons. The maximum Gasteiger partial charge on any atom is 0.217 e. The summed E-state index contributed by atoms with van der Waals surface area (Å²) in [5.74, 6) is -2.87. The maximum atomic E-state index is 12.7. The first-order valence-electron chi connectivity index (χ1n) is 18.0. The first-order valence-corrected chi connectivity index (χ1v) is 18.0. The van der Waals surface area contributed by atoms with E-state index in [1.165, 1.54) is 0 Å². The van der Waals surface area contributed by atoms with E-state index in [9.17, 15) is 70.2 Å². The zero-order chi connectivity index (χ0) is 42.5. The second kappa shape index (κ2) is 20.4. The second-order valence-electron chi connectivity index (χ2n) is 14.1. The standard InChI is InChI=1S/C32H54N4O21/c1-9(40)33-17-26(49)27(15(7-39)52-29(17)50)56-32-20(36-12(4)43)28(57-31-19(35-11(3)42)25(48)22(45)14(6-38)54-31)23(46)16(55-32)8-51-30-18(34-10(2)41)24(47)21(44)13(5-37)53-30/h13-32,37-39,44-50H,5-8H2,1-4H3,(H,33,40)(H,34,41)(H,35,42)(H,36,43)/t13-,14-,15-,16-,17-,18-,19-,20-,21-,22-,23-,24-,25-,26-,27+,28-,29+,30-,31+,32+/m1/s1. The topological polar surface area (TPSA) is 383 Å². The molecule has 57 heavy (non-hydrogen) atoms. The molecule has 14 N–H and O–H groups in total. The average Bonchev–Trinajstić information content (AvgIpc) is 3.14. The summed E-state index contributed by atoms with van der Waals surface area (Å²) in [6, 6.07) is -6.17. The van der Waals surface area contributed by atoms with Crippen LogP contribution in [-0.2, 0) is 52.3 Å². The number of carbonyl (C=O) groups excluding carboxylic acids is 4. The molecular weight excluding hydrogens is 776 g/mol. The summed E-state index contributed by atoms with van der Waals surface area (Å²) in [6.07, 6.45) is -27.4. The summed E-state index contributed by atoms with van der Waals surface area (Å²) in [5, 5.41) is 116. The lowest BCUT2D eigenvalue weighted by Gasteiger charge is -2.50. The quantitative estimate of drug-likeness (QED) is 0.0773. The van der Waals surface area contributed by atoms with Crippen LogP contribution in [0.15, 0.2) is 0 Å². The Balaban J connectivity index is 1.75. The van der Waals surface area contributed by atoms with Gasteiger partial charge in [0.15, 0.2) is 25.2 Å². The second-order valence-corrected chi connectivity index (χ2v) is 14.1. The predicted octanol–water partition coefficient (Wildman–Crippen LogP) is -9.17. The van der Waals surface area contributed by atoms with Crippen LogP contribution < -0.4 is 21.3 Å². The molecule has 0 spiro atoms. The first-order chi connectivity index (χ1) is 26.8. The molecule has 328 valence electrons. The van der Waals surface area contributed by atoms with Crippen LogP contribution in [-0.4, -0.2) is 224 Å². The molecule has 0 aromatic rings. The molecule has 4 amide bonds. The minimum Gasteiger partial charge on any atom is -0.394 e. The van der Waals surface area contributed by atoms with E-state index in [1.807, 2.05) is 0 Å². The van der Waals surface area contributed by atoms with Crippen LogP contribution in [0.2, 0.25) is 0 Å². The van der Waals surface area contributed by atoms with Crippen LogP contribution >= 0.6 is 0 Å². The number of amides is 4. The van der Waals surface area contributed by atoms with Crippen molar-refractivity contribution in [3.8, 4) is 0 Å². The third kappa shape index (κ3) is 11.1. The Morgan fingerprint density at radius 3 is 1.35 bits per heavy atom. The Morgan fingerprint density at radius 2 is 0.860 bits per heavy atom. The Labute approximate surface area is 325 Å². The normalized spacial score (nSPS) is 43.8. The van der Waals surface area contributed by atoms with Crippen molar-refractivity contribution in [2.75, 3.05) is 26.4 Å². The molecule has 4 saturated heterocycles. The molecule has 4 heterocycles. The lowest BCUT2D eigenvalue weighted by atomic mass is 9.93. The minimum absolute atomic E-state index is 0.677. The fraction of sp³-hybridized carbons (Fsp3) is 0.875. The van der Waals surface area contributed by atoms with E-state index in [4.69, 9.17) is 33.2 Å². The molecule has 20 atom stereocenters. The molecule has 25 heteroatoms. The Kier molecular flexibility index (Phi) is 16.8. The largest absolute Gasteiger partial charge is 0.394 e. The predicted molar refractivity (Wildman–Crippen MR) is 180 cm³/mol. The average molecular weight is 831 g/mol. The number of carbonyl (C=O) groups is 4. The van der Waals surface area contributed by atoms with Gasteiger partial charge in [-0.15, -0.1) is 0 Å². The summed E-state index contributed by atoms with van der Waals surface area (Å²) in [6.45, 7) is 1.05. The molecule has 0 aromatic heterocycles. The molecule has 0 aliphatic carbocycles. The summed E-state index contributed by atoms with van der Waals surface area (Å²) in [4.78, 5) is 48.7. The molecule has 0 aromatic carbocycles. The number of hydrogen-bond donors (Lipinski definition) is 14. The van der Waals surface area contributed by atoms with Gasteiger partial charge in [0, 0.05) is 27.7 Å². The van der Waals surface area contributed by atoms with Gasteiger partial charge in [0.1, 0.15) is 97.4 Å². The van der Waals surface area contributed by atoms with Crippen molar-refractivity contribution in [2.24, 2.45) is 0 Å². The zero-order valence-corrected chi connectivity index (χ0v) is 31.3. The smallest absolute Gasteiger partial charge is 0.217 e. The summed E-state index contributed by atoms with van der Waals surface area (Å²) in [5.41, 5.74) is 0. The van der Waals surface area contributed by atoms with Crippen LogP contribution in [0.1, 0.15) is 27.7 Å². The Morgan fingerprint density at radius 1 is 0.456 bits per heavy atom. The van der Waals surface area contributed by atoms with Gasteiger partial charge in [0.25, 0.3) is 0 Å². The molecule has 0 saturated carbocycles. The van der Waals surface area contributed by atoms with E-state index >= 15 is 0 Å². The van der Waals surface area contributed by atoms with E-state index in [-0.39, 0.29) is 0 Å². The highest BCUT2D eigenvalue weighted by molar-refractivity contribution is 5.74. The lowest BCUT2D eigenvalue weighted by molar-refractivity contribution is -0.355. The highest BCUT2D eigenvalue weighted by Crippen LogP contribution is 2.33. The number of nitrogens with one attached hydrogen (secondary N) is 4. The van der Waals surface area contributed by atoms with Crippen LogP contribution in [0.25, 0.3) is 0 Å². The lowest BCUT2D eigenvalue weighted by Crippen LogP contribution is -2.71. The van der Waals surface area contributed by atoms with Crippen LogP contribution in [0, 0.1) is 0 Å². The minimum atomic E-state index is -1.93. The van der Waals surface area contributed by atoms with Gasteiger partial charge in [0.2, 0.25) is 23.6 Å². The third-order valence-electron chi connectivity index (χ3n) is 9.79. The van der Waals surface area contributed by atoms with Gasteiger partial charge in [-0.1, -0.05) is 0 Å². The van der Waals surface area contributed by atoms with Gasteiger partial charge in [-0.2, -0.15) is 0 Å². The molecule has 4 fully saturated rings. The van der Waals surface area contributed by atoms with Crippen molar-refractivity contribution in [1.82, 2.24) is 21.3 Å². The number of aliphatic hydroxyl groups excluding tert-OH is 10. The third-order valence-corrected chi connectivity index (χ3v) is 9.79. The van der Waals surface area contributed by atoms with Crippen LogP contribution in [0.3, 0.4) is 0 Å². The molecule has 4 aliphatic rings. The summed E-state index contributed by atoms with van der Waals surface area (Å²) < 4.78 is 40.8. The zero-order valence-electron chi connectivity index (χ0n) is 31.3. The SMILES string of the molecule is CC(=O)N[C@@H]1[C@@H](O)[C@@H](O[C@@H]2O[C@H](CO[C@@H]3O[C@H](CO)[C@@H](O)[C@H](O)[C@H]3NC(C)=O)[C@@H](O)[C@H](O[C@@H]3O[C@H](CO)[C@@H](O)[C@H](O)[C@H]3NC(C)=O)[C@H]2NC(C)=O)[C@@H](CO)O[C@@H]1O. The van der Waals surface area contributed by atoms with Gasteiger partial charge >= 0.3 is 0 Å². The monoisotopic (exact) mass is 830 g/mol. The first kappa shape index (κ1) is 46.9. The highest BCUT2D eigenvalue weighted by Gasteiger charge is 2.55. The highest BCUT2D eigenvalue weighted by atomic mass is 16.7. The van der Waals surface area contributed by atoms with E-state index in [0.717, 1.165) is 27.7 Å². The van der Waals surface area contributed by atoms with E-state index in [1.54, 1.807) is 0 Å². The number of hydrogen-bond acceptors (Lipinski definition) is 21. The van der Waals surface area contributed by atoms with E-state index in [2.05, 4.69) is 21.3 Å². The number of aliphatic hydroxyl groups is 10. The summed E-state index contributed by atoms with van der Waals surface area (Å²) >= 11 is 0. The van der Waals surface area contributed by atoms with Crippen molar-refractivity contribution in [1.29, 1.82) is 0 Å². The molecule has 4 aliphatic heterocycles. The molecule has 0 unspecified atom stereocenters. The number of rotatable bonds is 14. The van der Waals surface area contributed by atoms with Crippen molar-refractivity contribution in [2.45, 2.75) is 150 Å². The van der Waals surface area contributed by atoms with Crippen LogP contribution in [0.4, 0.5) is 0 Å². The summed E-state index contributed by atoms with van der Waals surface area (Å²) in [7, 11) is 0. The van der Waals surface area contributed by atoms with E-state index in [0.29, 0.717) is 0 Å². The van der Waals surface area contributed by atoms with Crippen molar-refractivity contribution < 1.29 is 103 Å². The van der Waals surface area contributed by atoms with Crippen molar-refractivity contribution >= 4 is 23.6 Å². The molecule has 0 bridgehead atoms. The fourth-order valence-electron chi connectivity index (χ4n) is 7.06. The van der Waals surface area contributed by atoms with Gasteiger partial charge in [-0.3, -0.25) is 19.2 Å². The van der Waals surface area contributed by atoms with Gasteiger partial charge < -0.3 is 105 Å². The van der Waals surface area contributed by atoms with E-state index < -0.39 is 173 Å². The molecule has 4 rings (SSSR count). The molecular formula is C32H54N4O21. The van der Waals surface area contributed by atoms with Gasteiger partial charge in [-0.25, -0.2) is 0 Å². The molecule has 25 nitrogen and oxygen atoms in total. The Bertz CT molecular complexity index is 1370. The maximum absolute atomic E-state index is 12.7. The van der Waals surface area contributed by atoms with Crippen LogP contribution in [0.5, 0.6) is 0 Å². The van der Waals surface area contributed by atoms with Crippen molar-refractivity contribution in [3.63, 3.8) is 0 Å². The van der Waals surface area contributed by atoms with Crippen molar-refractivity contribution in [3.05, 3.63) is 0 Å².